The highest BCUT2D eigenvalue weighted by Crippen LogP contribution is 2.12. The molecule has 19 heavy (non-hydrogen) atoms. The number of thioether (sulfide) groups is 1. The Balaban J connectivity index is 2.73. The predicted molar refractivity (Wildman–Crippen MR) is 74.6 cm³/mol. The number of imidazole rings is 1. The van der Waals surface area contributed by atoms with E-state index in [1.807, 2.05) is 30.1 Å². The molecule has 0 saturated carbocycles. The first kappa shape index (κ1) is 11.9. The topological polar surface area (TPSA) is 60.5 Å². The minimum atomic E-state index is -0.277. The van der Waals surface area contributed by atoms with Crippen LogP contribution in [-0.4, -0.2) is 21.7 Å². The number of hydrogen-bond acceptors (Lipinski definition) is 3. The number of hydrogen-bond donors (Lipinski definition) is 0. The van der Waals surface area contributed by atoms with Gasteiger partial charge in [-0.2, -0.15) is 0 Å². The van der Waals surface area contributed by atoms with Gasteiger partial charge in [-0.15, -0.1) is 11.8 Å². The summed E-state index contributed by atoms with van der Waals surface area (Å²) in [7, 11) is 1.81. The van der Waals surface area contributed by atoms with E-state index in [1.54, 1.807) is 22.4 Å². The van der Waals surface area contributed by atoms with Gasteiger partial charge < -0.3 is 5.41 Å². The number of para-hydroxylation sites is 2. The van der Waals surface area contributed by atoms with Crippen molar-refractivity contribution in [1.29, 1.82) is 0 Å². The van der Waals surface area contributed by atoms with E-state index >= 15 is 0 Å². The van der Waals surface area contributed by atoms with Crippen molar-refractivity contribution in [2.45, 2.75) is 5.03 Å². The van der Waals surface area contributed by atoms with E-state index in [-0.39, 0.29) is 10.6 Å². The second-order valence-electron chi connectivity index (χ2n) is 4.11. The van der Waals surface area contributed by atoms with Gasteiger partial charge in [0.15, 0.2) is 10.5 Å². The minimum Gasteiger partial charge on any atom is -0.763 e. The third-order valence-electron chi connectivity index (χ3n) is 3.13. The molecule has 2 aromatic heterocycles. The fourth-order valence-electron chi connectivity index (χ4n) is 2.24. The van der Waals surface area contributed by atoms with Crippen LogP contribution < -0.4 is 15.2 Å². The summed E-state index contributed by atoms with van der Waals surface area (Å²) >= 11 is 1.30. The fourth-order valence-corrected chi connectivity index (χ4v) is 2.74. The van der Waals surface area contributed by atoms with Gasteiger partial charge in [0, 0.05) is 0 Å². The maximum Gasteiger partial charge on any atom is 0.357 e. The number of nitrogens with zero attached hydrogens (tertiary/aromatic N) is 4. The van der Waals surface area contributed by atoms with Crippen LogP contribution in [0.2, 0.25) is 0 Å². The zero-order valence-electron chi connectivity index (χ0n) is 10.4. The van der Waals surface area contributed by atoms with Crippen molar-refractivity contribution < 1.29 is 4.57 Å². The highest BCUT2D eigenvalue weighted by atomic mass is 32.2. The second kappa shape index (κ2) is 4.19. The van der Waals surface area contributed by atoms with Gasteiger partial charge >= 0.3 is 5.65 Å². The summed E-state index contributed by atoms with van der Waals surface area (Å²) in [5.74, 6) is 1.96. The second-order valence-corrected chi connectivity index (χ2v) is 4.90. The number of aryl methyl sites for hydroxylation is 1. The molecule has 6 heteroatoms. The van der Waals surface area contributed by atoms with Crippen molar-refractivity contribution in [2.24, 2.45) is 7.05 Å². The number of aromatic nitrogens is 3. The quantitative estimate of drug-likeness (QED) is 0.356. The molecule has 0 aliphatic heterocycles. The molecule has 0 aliphatic rings. The third kappa shape index (κ3) is 1.51. The largest absolute Gasteiger partial charge is 0.763 e. The fraction of sp³-hybridized carbons (Fsp3) is 0.154. The number of fused-ring (bicyclic) bond motifs is 3. The molecule has 3 aromatic rings. The molecular weight excluding hydrogens is 260 g/mol. The molecule has 0 fully saturated rings. The summed E-state index contributed by atoms with van der Waals surface area (Å²) < 4.78 is 3.39. The van der Waals surface area contributed by atoms with Crippen LogP contribution in [0.25, 0.3) is 22.1 Å². The molecular formula is C13H10N4OS. The van der Waals surface area contributed by atoms with E-state index in [0.717, 1.165) is 11.0 Å². The molecule has 1 aromatic carbocycles. The molecule has 0 aliphatic carbocycles. The average molecular weight is 270 g/mol. The van der Waals surface area contributed by atoms with Gasteiger partial charge in [-0.3, -0.25) is 10.7 Å². The van der Waals surface area contributed by atoms with Crippen LogP contribution in [-0.2, 0) is 7.05 Å². The van der Waals surface area contributed by atoms with E-state index in [0.29, 0.717) is 10.7 Å². The van der Waals surface area contributed by atoms with E-state index in [4.69, 9.17) is 5.41 Å². The SMILES string of the molecule is CSc1nn2c3ccccc3[n+](C)c2c(=O)c1=C=[N-]. The van der Waals surface area contributed by atoms with Crippen molar-refractivity contribution in [2.75, 3.05) is 6.26 Å². The lowest BCUT2D eigenvalue weighted by Crippen LogP contribution is -2.40. The van der Waals surface area contributed by atoms with Crippen molar-refractivity contribution in [3.63, 3.8) is 0 Å². The first-order valence-corrected chi connectivity index (χ1v) is 6.86. The molecule has 2 heterocycles. The van der Waals surface area contributed by atoms with Crippen LogP contribution in [0.3, 0.4) is 0 Å². The molecule has 0 bridgehead atoms. The van der Waals surface area contributed by atoms with Gasteiger partial charge in [0.05, 0.1) is 12.3 Å². The van der Waals surface area contributed by atoms with E-state index in [9.17, 15) is 4.79 Å². The summed E-state index contributed by atoms with van der Waals surface area (Å²) in [4.78, 5) is 12.4. The van der Waals surface area contributed by atoms with Gasteiger partial charge in [0.2, 0.25) is 5.52 Å². The Morgan fingerprint density at radius 1 is 1.42 bits per heavy atom. The zero-order chi connectivity index (χ0) is 13.6. The van der Waals surface area contributed by atoms with Gasteiger partial charge in [0.1, 0.15) is 0 Å². The third-order valence-corrected chi connectivity index (χ3v) is 3.80. The van der Waals surface area contributed by atoms with Gasteiger partial charge in [0.25, 0.3) is 5.43 Å². The summed E-state index contributed by atoms with van der Waals surface area (Å²) in [5.41, 5.74) is 1.90. The lowest BCUT2D eigenvalue weighted by Gasteiger charge is -1.94. The summed E-state index contributed by atoms with van der Waals surface area (Å²) in [5, 5.41) is 14.1. The van der Waals surface area contributed by atoms with Crippen LogP contribution in [0.1, 0.15) is 0 Å². The lowest BCUT2D eigenvalue weighted by molar-refractivity contribution is -0.619. The summed E-state index contributed by atoms with van der Waals surface area (Å²) in [6, 6.07) is 7.64. The Bertz CT molecular complexity index is 941. The van der Waals surface area contributed by atoms with Gasteiger partial charge in [-0.25, -0.2) is 4.57 Å². The maximum absolute atomic E-state index is 12.4. The minimum absolute atomic E-state index is 0.110. The van der Waals surface area contributed by atoms with Gasteiger partial charge in [-0.05, 0) is 18.4 Å². The first-order chi connectivity index (χ1) is 9.19. The van der Waals surface area contributed by atoms with Crippen LogP contribution in [0.5, 0.6) is 0 Å². The van der Waals surface area contributed by atoms with E-state index < -0.39 is 0 Å². The Hall–Kier alpha value is -2.17. The van der Waals surface area contributed by atoms with Crippen molar-refractivity contribution in [3.8, 4) is 0 Å². The first-order valence-electron chi connectivity index (χ1n) is 5.63. The molecule has 0 saturated heterocycles. The molecule has 0 amide bonds. The molecule has 0 spiro atoms. The molecule has 94 valence electrons. The molecule has 0 radical (unpaired) electrons. The summed E-state index contributed by atoms with van der Waals surface area (Å²) in [6.07, 6.45) is 1.81. The molecule has 5 nitrogen and oxygen atoms in total. The summed E-state index contributed by atoms with van der Waals surface area (Å²) in [6.45, 7) is 0. The van der Waals surface area contributed by atoms with E-state index in [2.05, 4.69) is 5.10 Å². The van der Waals surface area contributed by atoms with Crippen LogP contribution in [0, 0.1) is 0 Å². The van der Waals surface area contributed by atoms with Crippen LogP contribution >= 0.6 is 11.8 Å². The highest BCUT2D eigenvalue weighted by molar-refractivity contribution is 7.98. The monoisotopic (exact) mass is 270 g/mol. The van der Waals surface area contributed by atoms with Crippen molar-refractivity contribution in [3.05, 3.63) is 45.1 Å². The normalized spacial score (nSPS) is 11.1. The lowest BCUT2D eigenvalue weighted by atomic mass is 10.3. The highest BCUT2D eigenvalue weighted by Gasteiger charge is 2.22. The smallest absolute Gasteiger partial charge is 0.357 e. The Morgan fingerprint density at radius 2 is 2.16 bits per heavy atom. The Morgan fingerprint density at radius 3 is 2.84 bits per heavy atom. The molecule has 0 unspecified atom stereocenters. The zero-order valence-corrected chi connectivity index (χ0v) is 11.2. The average Bonchev–Trinajstić information content (AvgIpc) is 2.73. The Kier molecular flexibility index (Phi) is 2.62. The predicted octanol–water partition coefficient (Wildman–Crippen LogP) is 0.0237. The van der Waals surface area contributed by atoms with Crippen LogP contribution in [0.15, 0.2) is 34.1 Å². The van der Waals surface area contributed by atoms with Crippen molar-refractivity contribution >= 4 is 34.3 Å². The standard InChI is InChI=1S/C13H10N4OS/c1-16-9-5-3-4-6-10(9)17-13(16)11(18)8(7-14)12(15-17)19-2/h3-6H,1-2H3. The van der Waals surface area contributed by atoms with Crippen LogP contribution in [0.4, 0.5) is 0 Å². The maximum atomic E-state index is 12.4. The molecule has 3 rings (SSSR count). The number of rotatable bonds is 1. The van der Waals surface area contributed by atoms with E-state index in [1.165, 1.54) is 11.8 Å². The Labute approximate surface area is 112 Å². The van der Waals surface area contributed by atoms with Gasteiger partial charge in [-0.1, -0.05) is 21.7 Å². The van der Waals surface area contributed by atoms with Crippen molar-refractivity contribution in [1.82, 2.24) is 9.61 Å². The molecule has 0 atom stereocenters. The molecule has 0 N–H and O–H groups in total. The number of benzene rings is 1.